The van der Waals surface area contributed by atoms with Crippen molar-refractivity contribution in [2.45, 2.75) is 6.42 Å². The van der Waals surface area contributed by atoms with Gasteiger partial charge in [0.15, 0.2) is 0 Å². The predicted molar refractivity (Wildman–Crippen MR) is 49.2 cm³/mol. The molecule has 4 heteroatoms. The van der Waals surface area contributed by atoms with Gasteiger partial charge in [-0.25, -0.2) is 4.39 Å². The molecule has 2 nitrogen and oxygen atoms in total. The summed E-state index contributed by atoms with van der Waals surface area (Å²) in [5, 5.41) is 2.84. The average Bonchev–Trinajstić information content (AvgIpc) is 2.10. The quantitative estimate of drug-likeness (QED) is 0.584. The van der Waals surface area contributed by atoms with Crippen molar-refractivity contribution in [1.82, 2.24) is 5.32 Å². The van der Waals surface area contributed by atoms with E-state index >= 15 is 0 Å². The Morgan fingerprint density at radius 1 is 1.54 bits per heavy atom. The van der Waals surface area contributed by atoms with Gasteiger partial charge in [-0.15, -0.1) is 0 Å². The molecule has 0 aromatic heterocycles. The highest BCUT2D eigenvalue weighted by molar-refractivity contribution is 6.31. The number of benzene rings is 1. The maximum Gasteiger partial charge on any atom is 0.207 e. The summed E-state index contributed by atoms with van der Waals surface area (Å²) in [6.45, 7) is 0.393. The number of amides is 1. The SMILES string of the molecule is O=CNCCc1c(F)cccc1Cl. The van der Waals surface area contributed by atoms with Crippen LogP contribution in [0.25, 0.3) is 0 Å². The molecule has 0 fully saturated rings. The van der Waals surface area contributed by atoms with E-state index < -0.39 is 0 Å². The number of hydrogen-bond acceptors (Lipinski definition) is 1. The standard InChI is InChI=1S/C9H9ClFNO/c10-8-2-1-3-9(11)7(8)4-5-12-6-13/h1-3,6H,4-5H2,(H,12,13). The molecule has 0 saturated heterocycles. The van der Waals surface area contributed by atoms with E-state index in [1.807, 2.05) is 0 Å². The fourth-order valence-electron chi connectivity index (χ4n) is 1.03. The van der Waals surface area contributed by atoms with Crippen LogP contribution >= 0.6 is 11.6 Å². The fourth-order valence-corrected chi connectivity index (χ4v) is 1.28. The number of hydrogen-bond donors (Lipinski definition) is 1. The van der Waals surface area contributed by atoms with Crippen LogP contribution in [0.5, 0.6) is 0 Å². The molecular formula is C9H9ClFNO. The van der Waals surface area contributed by atoms with Crippen LogP contribution in [0.1, 0.15) is 5.56 Å². The first-order chi connectivity index (χ1) is 6.25. The van der Waals surface area contributed by atoms with Crippen molar-refractivity contribution < 1.29 is 9.18 Å². The van der Waals surface area contributed by atoms with Gasteiger partial charge in [0, 0.05) is 17.1 Å². The number of rotatable bonds is 4. The van der Waals surface area contributed by atoms with Gasteiger partial charge in [0.05, 0.1) is 0 Å². The minimum Gasteiger partial charge on any atom is -0.358 e. The van der Waals surface area contributed by atoms with Crippen molar-refractivity contribution in [2.75, 3.05) is 6.54 Å². The largest absolute Gasteiger partial charge is 0.358 e. The summed E-state index contributed by atoms with van der Waals surface area (Å²) in [5.41, 5.74) is 0.443. The first-order valence-electron chi connectivity index (χ1n) is 3.85. The molecule has 0 atom stereocenters. The van der Waals surface area contributed by atoms with Crippen molar-refractivity contribution in [2.24, 2.45) is 0 Å². The van der Waals surface area contributed by atoms with Gasteiger partial charge >= 0.3 is 0 Å². The maximum atomic E-state index is 13.1. The van der Waals surface area contributed by atoms with E-state index in [2.05, 4.69) is 5.32 Å². The van der Waals surface area contributed by atoms with Gasteiger partial charge in [-0.2, -0.15) is 0 Å². The third-order valence-electron chi connectivity index (χ3n) is 1.66. The summed E-state index contributed by atoms with van der Waals surface area (Å²) in [7, 11) is 0. The minimum atomic E-state index is -0.333. The lowest BCUT2D eigenvalue weighted by Crippen LogP contribution is -2.15. The topological polar surface area (TPSA) is 29.1 Å². The van der Waals surface area contributed by atoms with Gasteiger partial charge in [-0.1, -0.05) is 17.7 Å². The molecule has 1 rings (SSSR count). The van der Waals surface area contributed by atoms with Crippen molar-refractivity contribution in [3.63, 3.8) is 0 Å². The van der Waals surface area contributed by atoms with E-state index in [1.54, 1.807) is 12.1 Å². The molecule has 1 aromatic rings. The van der Waals surface area contributed by atoms with Crippen LogP contribution in [0, 0.1) is 5.82 Å². The zero-order valence-electron chi connectivity index (χ0n) is 6.89. The van der Waals surface area contributed by atoms with Crippen LogP contribution in [0.4, 0.5) is 4.39 Å². The van der Waals surface area contributed by atoms with Crippen LogP contribution in [-0.2, 0) is 11.2 Å². The first kappa shape index (κ1) is 9.99. The lowest BCUT2D eigenvalue weighted by atomic mass is 10.1. The van der Waals surface area contributed by atoms with E-state index in [0.29, 0.717) is 30.0 Å². The molecule has 0 saturated carbocycles. The molecule has 0 unspecified atom stereocenters. The van der Waals surface area contributed by atoms with E-state index in [-0.39, 0.29) is 5.82 Å². The third kappa shape index (κ3) is 2.70. The summed E-state index contributed by atoms with van der Waals surface area (Å²) in [6, 6.07) is 4.53. The average molecular weight is 202 g/mol. The Bertz CT molecular complexity index is 283. The lowest BCUT2D eigenvalue weighted by Gasteiger charge is -2.04. The molecule has 1 N–H and O–H groups in total. The highest BCUT2D eigenvalue weighted by Crippen LogP contribution is 2.18. The Balaban J connectivity index is 2.69. The van der Waals surface area contributed by atoms with Gasteiger partial charge in [0.25, 0.3) is 0 Å². The van der Waals surface area contributed by atoms with E-state index in [1.165, 1.54) is 6.07 Å². The molecule has 0 heterocycles. The molecule has 0 aliphatic heterocycles. The molecule has 1 amide bonds. The van der Waals surface area contributed by atoms with E-state index in [9.17, 15) is 9.18 Å². The van der Waals surface area contributed by atoms with Crippen molar-refractivity contribution in [3.8, 4) is 0 Å². The van der Waals surface area contributed by atoms with Crippen molar-refractivity contribution >= 4 is 18.0 Å². The smallest absolute Gasteiger partial charge is 0.207 e. The van der Waals surface area contributed by atoms with E-state index in [0.717, 1.165) is 0 Å². The molecule has 0 spiro atoms. The molecule has 0 bridgehead atoms. The highest BCUT2D eigenvalue weighted by Gasteiger charge is 2.05. The zero-order chi connectivity index (χ0) is 9.68. The fraction of sp³-hybridized carbons (Fsp3) is 0.222. The van der Waals surface area contributed by atoms with Crippen LogP contribution in [0.15, 0.2) is 18.2 Å². The van der Waals surface area contributed by atoms with Crippen LogP contribution in [0.2, 0.25) is 5.02 Å². The molecular weight excluding hydrogens is 193 g/mol. The van der Waals surface area contributed by atoms with Gasteiger partial charge in [-0.05, 0) is 18.6 Å². The summed E-state index contributed by atoms with van der Waals surface area (Å²) in [4.78, 5) is 9.93. The Hall–Kier alpha value is -1.09. The number of carbonyl (C=O) groups excluding carboxylic acids is 1. The highest BCUT2D eigenvalue weighted by atomic mass is 35.5. The number of halogens is 2. The van der Waals surface area contributed by atoms with Crippen LogP contribution in [-0.4, -0.2) is 13.0 Å². The molecule has 1 aromatic carbocycles. The monoisotopic (exact) mass is 201 g/mol. The summed E-state index contributed by atoms with van der Waals surface area (Å²) >= 11 is 5.75. The number of carbonyl (C=O) groups is 1. The molecule has 0 aliphatic rings. The van der Waals surface area contributed by atoms with Crippen LogP contribution in [0.3, 0.4) is 0 Å². The van der Waals surface area contributed by atoms with Gasteiger partial charge in [0.2, 0.25) is 6.41 Å². The Kier molecular flexibility index (Phi) is 3.71. The van der Waals surface area contributed by atoms with Crippen LogP contribution < -0.4 is 5.32 Å². The minimum absolute atomic E-state index is 0.333. The predicted octanol–water partition coefficient (Wildman–Crippen LogP) is 1.77. The van der Waals surface area contributed by atoms with Crippen molar-refractivity contribution in [1.29, 1.82) is 0 Å². The molecule has 13 heavy (non-hydrogen) atoms. The summed E-state index contributed by atoms with van der Waals surface area (Å²) in [6.07, 6.45) is 0.985. The molecule has 0 radical (unpaired) electrons. The second-order valence-electron chi connectivity index (χ2n) is 2.52. The van der Waals surface area contributed by atoms with Crippen molar-refractivity contribution in [3.05, 3.63) is 34.6 Å². The second kappa shape index (κ2) is 4.82. The molecule has 0 aliphatic carbocycles. The summed E-state index contributed by atoms with van der Waals surface area (Å²) in [5.74, 6) is -0.333. The van der Waals surface area contributed by atoms with Gasteiger partial charge in [-0.3, -0.25) is 4.79 Å². The first-order valence-corrected chi connectivity index (χ1v) is 4.23. The van der Waals surface area contributed by atoms with Gasteiger partial charge < -0.3 is 5.32 Å². The van der Waals surface area contributed by atoms with E-state index in [4.69, 9.17) is 11.6 Å². The summed E-state index contributed by atoms with van der Waals surface area (Å²) < 4.78 is 13.1. The second-order valence-corrected chi connectivity index (χ2v) is 2.93. The Labute approximate surface area is 80.7 Å². The number of nitrogens with one attached hydrogen (secondary N) is 1. The van der Waals surface area contributed by atoms with Gasteiger partial charge in [0.1, 0.15) is 5.82 Å². The maximum absolute atomic E-state index is 13.1. The third-order valence-corrected chi connectivity index (χ3v) is 2.02. The lowest BCUT2D eigenvalue weighted by molar-refractivity contribution is -0.109. The normalized spacial score (nSPS) is 9.69. The zero-order valence-corrected chi connectivity index (χ0v) is 7.64. The Morgan fingerprint density at radius 2 is 2.31 bits per heavy atom. The molecule has 70 valence electrons. The Morgan fingerprint density at radius 3 is 2.92 bits per heavy atom.